The molecule has 2 aliphatic heterocycles. The van der Waals surface area contributed by atoms with Crippen molar-refractivity contribution < 1.29 is 9.13 Å². The fourth-order valence-corrected chi connectivity index (χ4v) is 18.8. The number of hydrogen-bond donors (Lipinski definition) is 0. The van der Waals surface area contributed by atoms with Crippen LogP contribution in [-0.4, -0.2) is 56.8 Å². The molecule has 0 radical (unpaired) electrons. The van der Waals surface area contributed by atoms with Crippen LogP contribution in [0.2, 0.25) is 0 Å². The van der Waals surface area contributed by atoms with Gasteiger partial charge in [-0.1, -0.05) is 434 Å². The number of hydrogen-bond acceptors (Lipinski definition) is 4. The normalized spacial score (nSPS) is 15.6. The lowest BCUT2D eigenvalue weighted by molar-refractivity contribution is 0.128. The monoisotopic (exact) mass is 1880 g/mol. The molecule has 137 heavy (non-hydrogen) atoms. The zero-order valence-electron chi connectivity index (χ0n) is 98.0. The average Bonchev–Trinajstić information content (AvgIpc) is 0.829. The van der Waals surface area contributed by atoms with Crippen molar-refractivity contribution in [3.8, 4) is 5.75 Å². The summed E-state index contributed by atoms with van der Waals surface area (Å²) in [6, 6.07) is 57.9. The first-order valence-corrected chi connectivity index (χ1v) is 55.1. The maximum atomic E-state index is 13.2. The lowest BCUT2D eigenvalue weighted by Crippen LogP contribution is -2.53. The number of methoxy groups -OCH3 is 1. The molecule has 4 aliphatic rings. The molecule has 0 spiro atoms. The molecule has 2 saturated heterocycles. The number of piperazine rings is 1. The third-order valence-corrected chi connectivity index (χ3v) is 27.2. The maximum Gasteiger partial charge on any atom is 0.126 e. The van der Waals surface area contributed by atoms with E-state index in [4.69, 9.17) is 4.74 Å². The Morgan fingerprint density at radius 1 is 0.314 bits per heavy atom. The second-order valence-corrected chi connectivity index (χ2v) is 54.9. The fourth-order valence-electron chi connectivity index (χ4n) is 18.8. The van der Waals surface area contributed by atoms with E-state index in [0.717, 1.165) is 86.3 Å². The summed E-state index contributed by atoms with van der Waals surface area (Å²) >= 11 is 0. The smallest absolute Gasteiger partial charge is 0.126 e. The first-order chi connectivity index (χ1) is 63.1. The molecule has 2 heterocycles. The molecule has 0 amide bonds. The van der Waals surface area contributed by atoms with E-state index in [9.17, 15) is 4.39 Å². The van der Waals surface area contributed by atoms with E-state index in [-0.39, 0.29) is 11.2 Å². The fraction of sp³-hybridized carbons (Fsp3) is 0.682. The van der Waals surface area contributed by atoms with Crippen LogP contribution in [-0.2, 0) is 25.7 Å². The zero-order valence-corrected chi connectivity index (χ0v) is 98.0. The van der Waals surface area contributed by atoms with E-state index in [1.807, 2.05) is 12.1 Å². The zero-order chi connectivity index (χ0) is 104. The molecule has 11 rings (SSSR count). The third-order valence-electron chi connectivity index (χ3n) is 27.2. The van der Waals surface area contributed by atoms with Crippen LogP contribution in [0.3, 0.4) is 0 Å². The van der Waals surface area contributed by atoms with Gasteiger partial charge in [0.1, 0.15) is 11.6 Å². The molecule has 4 fully saturated rings. The standard InChI is InChI=1S/C18H29N.C15H24N2.C14H22O.C14H22.2C13H20.C13H26.C12H17F.C12H24.C8H18/c1-15-5-7-17(8-6-15)19-13-10-16(11-14-19)9-12-18(2,3)4;1-13-5-7-14(8-6-13)16-9-11-17(12-10-16)15(2,3)4;1-11-6-7-12(13(10-11)15-5)8-9-14(2,3)4;1-11-6-8-13(9-7-11)12(2)10-14(3,4)5;1-11-5-7-12(8-6-11)9-10-13(2,3)4;1-11-6-5-7-12(10-11)8-9-13(2,3)4;1-11(10-13(2,3)4)12-8-6-5-7-9-12;1-12(2,3)9-8-10-6-4-5-7-11(10)13;1-12(2,3)10-9-11-7-5-4-6-8-11;1-7(2)6-8(3,4)5/h5-8,16H,9-14H2,1-4H3;5-8H,9-12H2,1-4H3;6-7,10H,8-9H2,1-5H3;6-9,12H,10H2,1-5H3;5-8H,9-10H2,1-4H3;5-7,10H,8-9H2,1-4H3;11-12H,5-10H2,1-4H3;4-7H,8-9H2,1-3H3;11H,4-10H2,1-3H3;7H,6H2,1-5H3. The quantitative estimate of drug-likeness (QED) is 0.0757. The molecule has 5 heteroatoms. The van der Waals surface area contributed by atoms with Gasteiger partial charge >= 0.3 is 0 Å². The van der Waals surface area contributed by atoms with Crippen molar-refractivity contribution in [2.75, 3.05) is 56.2 Å². The lowest BCUT2D eigenvalue weighted by atomic mass is 9.74. The Morgan fingerprint density at radius 2 is 0.679 bits per heavy atom. The highest BCUT2D eigenvalue weighted by molar-refractivity contribution is 5.49. The largest absolute Gasteiger partial charge is 0.496 e. The third kappa shape index (κ3) is 66.3. The van der Waals surface area contributed by atoms with Crippen molar-refractivity contribution in [1.29, 1.82) is 0 Å². The van der Waals surface area contributed by atoms with Gasteiger partial charge in [0.2, 0.25) is 0 Å². The first-order valence-electron chi connectivity index (χ1n) is 55.1. The minimum Gasteiger partial charge on any atom is -0.496 e. The molecule has 0 N–H and O–H groups in total. The number of rotatable bonds is 20. The average molecular weight is 1890 g/mol. The highest BCUT2D eigenvalue weighted by Crippen LogP contribution is 2.39. The Balaban J connectivity index is 0.000000518. The Kier molecular flexibility index (Phi) is 57.2. The summed E-state index contributed by atoms with van der Waals surface area (Å²) in [6.45, 7) is 98.2. The van der Waals surface area contributed by atoms with Crippen molar-refractivity contribution in [2.45, 2.75) is 462 Å². The number of aryl methyl sites for hydroxylation is 10. The summed E-state index contributed by atoms with van der Waals surface area (Å²) < 4.78 is 18.6. The molecule has 2 atom stereocenters. The van der Waals surface area contributed by atoms with E-state index in [1.54, 1.807) is 13.2 Å². The van der Waals surface area contributed by atoms with Crippen molar-refractivity contribution in [1.82, 2.24) is 4.90 Å². The van der Waals surface area contributed by atoms with Gasteiger partial charge in [0, 0.05) is 56.2 Å². The van der Waals surface area contributed by atoms with E-state index in [0.29, 0.717) is 54.8 Å². The molecule has 2 unspecified atom stereocenters. The number of ether oxygens (including phenoxy) is 1. The van der Waals surface area contributed by atoms with Crippen LogP contribution in [0.5, 0.6) is 5.75 Å². The molecule has 778 valence electrons. The summed E-state index contributed by atoms with van der Waals surface area (Å²) in [5, 5.41) is 0. The summed E-state index contributed by atoms with van der Waals surface area (Å²) in [5.41, 5.74) is 21.7. The van der Waals surface area contributed by atoms with Gasteiger partial charge < -0.3 is 14.5 Å². The predicted octanol–water partition coefficient (Wildman–Crippen LogP) is 40.3. The van der Waals surface area contributed by atoms with Crippen molar-refractivity contribution in [3.63, 3.8) is 0 Å². The molecule has 2 aliphatic carbocycles. The van der Waals surface area contributed by atoms with Gasteiger partial charge in [0.05, 0.1) is 7.11 Å². The molecule has 7 aromatic carbocycles. The highest BCUT2D eigenvalue weighted by Gasteiger charge is 2.29. The van der Waals surface area contributed by atoms with E-state index < -0.39 is 0 Å². The van der Waals surface area contributed by atoms with Gasteiger partial charge in [-0.25, -0.2) is 4.39 Å². The Hall–Kier alpha value is -6.17. The summed E-state index contributed by atoms with van der Waals surface area (Å²) in [5.74, 6) is 6.45. The highest BCUT2D eigenvalue weighted by atomic mass is 19.1. The summed E-state index contributed by atoms with van der Waals surface area (Å²) in [6.07, 6.45) is 36.4. The predicted molar refractivity (Wildman–Crippen MR) is 615 cm³/mol. The van der Waals surface area contributed by atoms with Crippen molar-refractivity contribution in [2.24, 2.45) is 78.3 Å². The van der Waals surface area contributed by atoms with E-state index in [1.165, 1.54) is 240 Å². The lowest BCUT2D eigenvalue weighted by Gasteiger charge is -2.43. The number of piperidine rings is 1. The van der Waals surface area contributed by atoms with Gasteiger partial charge in [-0.3, -0.25) is 4.90 Å². The van der Waals surface area contributed by atoms with Gasteiger partial charge in [-0.05, 0) is 325 Å². The van der Waals surface area contributed by atoms with Gasteiger partial charge in [-0.2, -0.15) is 0 Å². The van der Waals surface area contributed by atoms with Crippen molar-refractivity contribution in [3.05, 3.63) is 231 Å². The number of nitrogens with zero attached hydrogens (tertiary/aromatic N) is 3. The second kappa shape index (κ2) is 61.7. The van der Waals surface area contributed by atoms with Gasteiger partial charge in [-0.15, -0.1) is 0 Å². The minimum absolute atomic E-state index is 0.0771. The molecule has 4 nitrogen and oxygen atoms in total. The van der Waals surface area contributed by atoms with Gasteiger partial charge in [0.25, 0.3) is 0 Å². The Morgan fingerprint density at radius 3 is 1.07 bits per heavy atom. The van der Waals surface area contributed by atoms with E-state index >= 15 is 0 Å². The number of benzene rings is 7. The number of anilines is 2. The van der Waals surface area contributed by atoms with Crippen LogP contribution in [0.4, 0.5) is 15.8 Å². The number of halogens is 1. The molecule has 0 aromatic heterocycles. The molecular formula is C132H222FN3O. The first kappa shape index (κ1) is 127. The molecule has 7 aromatic rings. The summed E-state index contributed by atoms with van der Waals surface area (Å²) in [4.78, 5) is 7.60. The Labute approximate surface area is 852 Å². The minimum atomic E-state index is -0.0771. The maximum absolute atomic E-state index is 13.2. The second-order valence-electron chi connectivity index (χ2n) is 54.9. The van der Waals surface area contributed by atoms with Crippen molar-refractivity contribution >= 4 is 11.4 Å². The van der Waals surface area contributed by atoms with Crippen LogP contribution in [0, 0.1) is 126 Å². The van der Waals surface area contributed by atoms with Crippen LogP contribution in [0.25, 0.3) is 0 Å². The van der Waals surface area contributed by atoms with E-state index in [2.05, 4.69) is 431 Å². The van der Waals surface area contributed by atoms with Gasteiger partial charge in [0.15, 0.2) is 0 Å². The molecule has 0 bridgehead atoms. The summed E-state index contributed by atoms with van der Waals surface area (Å²) in [7, 11) is 1.75. The van der Waals surface area contributed by atoms with Crippen LogP contribution in [0.1, 0.15) is 450 Å². The van der Waals surface area contributed by atoms with Crippen LogP contribution < -0.4 is 14.5 Å². The topological polar surface area (TPSA) is 19.0 Å². The molecule has 2 saturated carbocycles. The Bertz CT molecular complexity index is 4210. The molecular weight excluding hydrogens is 1660 g/mol. The van der Waals surface area contributed by atoms with Crippen LogP contribution >= 0.6 is 0 Å². The van der Waals surface area contributed by atoms with Crippen LogP contribution in [0.15, 0.2) is 164 Å². The SMILES string of the molecule is CC(C)(C)CCC1CCCCC1.CC(C)(C)CCc1ccccc1F.CC(C)CC(C)(C)C.CC(CC(C)(C)C)C1CCCCC1.COc1cc(C)ccc1CCC(C)(C)C.Cc1ccc(C(C)CC(C)(C)C)cc1.Cc1ccc(CCC(C)(C)C)cc1.Cc1ccc(N2CCC(CCC(C)(C)C)CC2)cc1.Cc1ccc(N2CCN(C(C)(C)C)CC2)cc1.Cc1cccc(CCC(C)(C)C)c1.